The Hall–Kier alpha value is -3.07. The third-order valence-corrected chi connectivity index (χ3v) is 1.59. The fourth-order valence-corrected chi connectivity index (χ4v) is 1.03. The van der Waals surface area contributed by atoms with E-state index in [9.17, 15) is 0 Å². The quantitative estimate of drug-likeness (QED) is 0.293. The fraction of sp³-hybridized carbons (Fsp3) is 0. The molecule has 0 aromatic carbocycles. The molecule has 12 nitrogen and oxygen atoms in total. The normalized spacial score (nSPS) is 6.09. The molecule has 0 bridgehead atoms. The molecule has 2 heterocycles. The van der Waals surface area contributed by atoms with Crippen molar-refractivity contribution in [2.24, 2.45) is 0 Å². The van der Waals surface area contributed by atoms with Gasteiger partial charge in [-0.05, 0) is 24.3 Å². The standard InChI is InChI=1S/C10H8N2.3N3.Nb.O/c1-3-7-11-9(5-1)10-6-2-4-8-12-10;3*1-3-2;;/h1-8H;;;;;/q;3*-1;+5;-2. The van der Waals surface area contributed by atoms with E-state index in [-0.39, 0.29) is 27.9 Å². The Morgan fingerprint density at radius 3 is 1.04 bits per heavy atom. The number of hydrogen-bond donors (Lipinski definition) is 0. The zero-order valence-electron chi connectivity index (χ0n) is 11.4. The predicted molar refractivity (Wildman–Crippen MR) is 78.4 cm³/mol. The number of hydrogen-bond acceptors (Lipinski definition) is 2. The fourth-order valence-electron chi connectivity index (χ4n) is 1.03. The maximum atomic E-state index is 6.75. The van der Waals surface area contributed by atoms with Crippen LogP contribution in [-0.2, 0) is 27.9 Å². The van der Waals surface area contributed by atoms with Crippen LogP contribution in [0.15, 0.2) is 48.8 Å². The van der Waals surface area contributed by atoms with Gasteiger partial charge in [0.05, 0.1) is 11.4 Å². The van der Waals surface area contributed by atoms with Gasteiger partial charge >= 0.3 is 22.4 Å². The summed E-state index contributed by atoms with van der Waals surface area (Å²) in [5.41, 5.74) is 42.3. The van der Waals surface area contributed by atoms with Crippen LogP contribution in [0.2, 0.25) is 0 Å². The third-order valence-electron chi connectivity index (χ3n) is 1.59. The largest absolute Gasteiger partial charge is 5.00 e. The summed E-state index contributed by atoms with van der Waals surface area (Å²) in [6.45, 7) is 0. The van der Waals surface area contributed by atoms with E-state index in [0.717, 1.165) is 11.4 Å². The summed E-state index contributed by atoms with van der Waals surface area (Å²) in [5, 5.41) is 0. The molecule has 0 N–H and O–H groups in total. The molecule has 0 saturated carbocycles. The minimum atomic E-state index is 0. The van der Waals surface area contributed by atoms with E-state index in [1.165, 1.54) is 14.7 Å². The third kappa shape index (κ3) is 18.9. The molecule has 0 aliphatic heterocycles. The molecular formula is C10H8N11NbO. The Bertz CT molecular complexity index is 523. The van der Waals surface area contributed by atoms with Crippen molar-refractivity contribution in [2.75, 3.05) is 0 Å². The van der Waals surface area contributed by atoms with Gasteiger partial charge in [-0.2, -0.15) is 0 Å². The van der Waals surface area contributed by atoms with Gasteiger partial charge in [-0.1, -0.05) is 12.1 Å². The molecule has 2 aromatic heterocycles. The molecule has 13 heteroatoms. The molecule has 0 spiro atoms. The van der Waals surface area contributed by atoms with Crippen molar-refractivity contribution in [3.63, 3.8) is 0 Å². The van der Waals surface area contributed by atoms with Gasteiger partial charge in [0.15, 0.2) is 0 Å². The van der Waals surface area contributed by atoms with Crippen molar-refractivity contribution >= 4 is 0 Å². The van der Waals surface area contributed by atoms with E-state index in [1.807, 2.05) is 36.4 Å². The zero-order valence-corrected chi connectivity index (χ0v) is 13.6. The minimum Gasteiger partial charge on any atom is -2.00 e. The van der Waals surface area contributed by atoms with E-state index < -0.39 is 0 Å². The minimum absolute atomic E-state index is 0. The molecule has 0 fully saturated rings. The molecule has 0 amide bonds. The summed E-state index contributed by atoms with van der Waals surface area (Å²) >= 11 is 0. The summed E-state index contributed by atoms with van der Waals surface area (Å²) in [4.78, 5) is 12.9. The van der Waals surface area contributed by atoms with Gasteiger partial charge in [-0.25, -0.2) is 0 Å². The Kier molecular flexibility index (Phi) is 29.3. The van der Waals surface area contributed by atoms with Crippen LogP contribution in [0.1, 0.15) is 0 Å². The van der Waals surface area contributed by atoms with Gasteiger partial charge in [0.2, 0.25) is 0 Å². The van der Waals surface area contributed by atoms with Crippen LogP contribution in [0, 0.1) is 0 Å². The molecule has 0 radical (unpaired) electrons. The molecular weight excluding hydrogens is 383 g/mol. The van der Waals surface area contributed by atoms with Gasteiger partial charge in [-0.15, -0.1) is 0 Å². The van der Waals surface area contributed by atoms with Crippen molar-refractivity contribution in [3.05, 3.63) is 96.7 Å². The Labute approximate surface area is 146 Å². The number of aromatic nitrogens is 2. The van der Waals surface area contributed by atoms with Crippen LogP contribution in [0.4, 0.5) is 0 Å². The summed E-state index contributed by atoms with van der Waals surface area (Å²) < 4.78 is 0. The first kappa shape index (κ1) is 28.1. The van der Waals surface area contributed by atoms with Crippen molar-refractivity contribution < 1.29 is 27.9 Å². The number of rotatable bonds is 1. The van der Waals surface area contributed by atoms with E-state index in [4.69, 9.17) is 33.2 Å². The molecule has 23 heavy (non-hydrogen) atoms. The molecule has 2 aromatic rings. The monoisotopic (exact) mass is 391 g/mol. The molecule has 114 valence electrons. The topological polar surface area (TPSA) is 230 Å². The van der Waals surface area contributed by atoms with Crippen molar-refractivity contribution in [1.29, 1.82) is 0 Å². The van der Waals surface area contributed by atoms with Crippen LogP contribution < -0.4 is 0 Å². The van der Waals surface area contributed by atoms with Crippen LogP contribution in [0.5, 0.6) is 0 Å². The first-order valence-corrected chi connectivity index (χ1v) is 4.99. The first-order valence-electron chi connectivity index (χ1n) is 4.99. The van der Waals surface area contributed by atoms with Gasteiger partial charge in [-0.3, -0.25) is 24.7 Å². The van der Waals surface area contributed by atoms with Gasteiger partial charge in [0, 0.05) is 12.4 Å². The average Bonchev–Trinajstić information content (AvgIpc) is 2.51. The Balaban J connectivity index is -0.000000141. The second-order valence-electron chi connectivity index (χ2n) is 2.70. The van der Waals surface area contributed by atoms with Crippen molar-refractivity contribution in [3.8, 4) is 11.4 Å². The second-order valence-corrected chi connectivity index (χ2v) is 2.70. The summed E-state index contributed by atoms with van der Waals surface area (Å²) in [7, 11) is 0. The van der Waals surface area contributed by atoms with Crippen molar-refractivity contribution in [2.45, 2.75) is 0 Å². The Morgan fingerprint density at radius 1 is 0.609 bits per heavy atom. The smallest absolute Gasteiger partial charge is 2.00 e. The molecule has 0 aliphatic rings. The summed E-state index contributed by atoms with van der Waals surface area (Å²) in [6, 6.07) is 11.6. The van der Waals surface area contributed by atoms with Crippen LogP contribution in [0.3, 0.4) is 0 Å². The van der Waals surface area contributed by atoms with Crippen LogP contribution >= 0.6 is 0 Å². The predicted octanol–water partition coefficient (Wildman–Crippen LogP) is 4.62. The number of pyridine rings is 2. The van der Waals surface area contributed by atoms with Crippen LogP contribution in [0.25, 0.3) is 59.3 Å². The van der Waals surface area contributed by atoms with E-state index in [2.05, 4.69) is 9.97 Å². The van der Waals surface area contributed by atoms with Gasteiger partial charge in [0.25, 0.3) is 0 Å². The molecule has 0 atom stereocenters. The van der Waals surface area contributed by atoms with E-state index >= 15 is 0 Å². The summed E-state index contributed by atoms with van der Waals surface area (Å²) in [5.74, 6) is 0. The van der Waals surface area contributed by atoms with Crippen molar-refractivity contribution in [1.82, 2.24) is 9.97 Å². The maximum absolute atomic E-state index is 6.75. The van der Waals surface area contributed by atoms with Gasteiger partial charge in [0.1, 0.15) is 0 Å². The molecule has 0 aliphatic carbocycles. The molecule has 2 rings (SSSR count). The zero-order chi connectivity index (χ0) is 16.3. The van der Waals surface area contributed by atoms with Crippen LogP contribution in [-0.4, -0.2) is 9.97 Å². The van der Waals surface area contributed by atoms with E-state index in [1.54, 1.807) is 12.4 Å². The SMILES string of the molecule is [N-]=[N+]=[N-].[N-]=[N+]=[N-].[N-]=[N+]=[N-].[Nb+5].[O-2].c1ccc(-c2ccccn2)nc1. The molecule has 0 saturated heterocycles. The maximum Gasteiger partial charge on any atom is 5.00 e. The molecule has 0 unspecified atom stereocenters. The van der Waals surface area contributed by atoms with Gasteiger partial charge < -0.3 is 38.7 Å². The van der Waals surface area contributed by atoms with E-state index in [0.29, 0.717) is 0 Å². The Morgan fingerprint density at radius 2 is 0.870 bits per heavy atom. The average molecular weight is 391 g/mol. The first-order chi connectivity index (χ1) is 10.2. The number of nitrogens with zero attached hydrogens (tertiary/aromatic N) is 11. The second kappa shape index (κ2) is 24.0. The summed E-state index contributed by atoms with van der Waals surface area (Å²) in [6.07, 6.45) is 3.54.